The highest BCUT2D eigenvalue weighted by Gasteiger charge is 2.14. The van der Waals surface area contributed by atoms with Gasteiger partial charge in [-0.1, -0.05) is 44.2 Å². The number of benzene rings is 1. The van der Waals surface area contributed by atoms with Crippen LogP contribution in [0.15, 0.2) is 30.3 Å². The third-order valence-electron chi connectivity index (χ3n) is 4.59. The fraction of sp³-hybridized carbons (Fsp3) is 0.583. The molecule has 1 aromatic rings. The van der Waals surface area contributed by atoms with Crippen molar-refractivity contribution < 1.29 is 34.1 Å². The van der Waals surface area contributed by atoms with E-state index in [1.54, 1.807) is 11.8 Å². The van der Waals surface area contributed by atoms with Gasteiger partial charge in [-0.25, -0.2) is 0 Å². The van der Waals surface area contributed by atoms with E-state index in [0.29, 0.717) is 19.4 Å². The zero-order valence-corrected chi connectivity index (χ0v) is 23.7. The van der Waals surface area contributed by atoms with Crippen molar-refractivity contribution in [2.45, 2.75) is 45.7 Å². The molecule has 2 atom stereocenters. The standard InChI is InChI=1S/C11H24N2O2S.C9H11NO2.C4H7NO3.ClH/c1-4-13(5-2)7-8-15-11(14)10(12)6-9-16-3;10-8(9(11)12)6-7-4-2-1-3-5-7;1-3(6)5-2-4(7)8;/h10H,4-9,12H2,1-3H3;1-5,8H,6,10H2,(H,11,12);2H2,1H3,(H,5,6)(H,7,8);1H. The van der Waals surface area contributed by atoms with E-state index < -0.39 is 24.0 Å². The van der Waals surface area contributed by atoms with Crippen molar-refractivity contribution in [3.8, 4) is 0 Å². The van der Waals surface area contributed by atoms with Gasteiger partial charge < -0.3 is 36.6 Å². The average Bonchev–Trinajstić information content (AvgIpc) is 2.85. The fourth-order valence-corrected chi connectivity index (χ4v) is 2.93. The summed E-state index contributed by atoms with van der Waals surface area (Å²) in [5.74, 6) is -1.69. The van der Waals surface area contributed by atoms with Crippen LogP contribution in [0.3, 0.4) is 0 Å². The van der Waals surface area contributed by atoms with Crippen LogP contribution in [0.4, 0.5) is 0 Å². The molecule has 0 heterocycles. The smallest absolute Gasteiger partial charge is 0.322 e. The molecule has 0 bridgehead atoms. The Hall–Kier alpha value is -2.38. The molecule has 1 rings (SSSR count). The summed E-state index contributed by atoms with van der Waals surface area (Å²) in [5.41, 5.74) is 12.0. The van der Waals surface area contributed by atoms with Crippen LogP contribution in [0.25, 0.3) is 0 Å². The number of thioether (sulfide) groups is 1. The van der Waals surface area contributed by atoms with Gasteiger partial charge in [0.05, 0.1) is 0 Å². The Morgan fingerprint density at radius 1 is 1.05 bits per heavy atom. The number of nitrogens with zero attached hydrogens (tertiary/aromatic N) is 1. The number of esters is 1. The average molecular weight is 567 g/mol. The van der Waals surface area contributed by atoms with Gasteiger partial charge in [0.15, 0.2) is 0 Å². The molecule has 0 aromatic heterocycles. The van der Waals surface area contributed by atoms with Crippen molar-refractivity contribution >= 4 is 48.0 Å². The maximum atomic E-state index is 11.4. The molecule has 0 aliphatic rings. The fourth-order valence-electron chi connectivity index (χ4n) is 2.44. The van der Waals surface area contributed by atoms with Crippen LogP contribution in [0.2, 0.25) is 0 Å². The molecule has 11 nitrogen and oxygen atoms in total. The van der Waals surface area contributed by atoms with Crippen molar-refractivity contribution in [3.05, 3.63) is 35.9 Å². The molecule has 0 radical (unpaired) electrons. The van der Waals surface area contributed by atoms with E-state index in [4.69, 9.17) is 26.4 Å². The lowest BCUT2D eigenvalue weighted by atomic mass is 10.1. The molecular formula is C24H43ClN4O7S. The molecule has 0 saturated heterocycles. The minimum atomic E-state index is -1.03. The summed E-state index contributed by atoms with van der Waals surface area (Å²) in [7, 11) is 0. The van der Waals surface area contributed by atoms with Gasteiger partial charge in [0.1, 0.15) is 25.2 Å². The van der Waals surface area contributed by atoms with Crippen LogP contribution in [0.1, 0.15) is 32.8 Å². The molecule has 2 unspecified atom stereocenters. The minimum absolute atomic E-state index is 0. The topological polar surface area (TPSA) is 185 Å². The number of rotatable bonds is 14. The molecule has 0 aliphatic carbocycles. The minimum Gasteiger partial charge on any atom is -0.480 e. The van der Waals surface area contributed by atoms with Crippen molar-refractivity contribution in [1.82, 2.24) is 10.2 Å². The first-order chi connectivity index (χ1) is 17.0. The first-order valence-corrected chi connectivity index (χ1v) is 13.0. The first kappa shape index (κ1) is 39.1. The molecule has 214 valence electrons. The van der Waals surface area contributed by atoms with Crippen LogP contribution in [-0.2, 0) is 30.3 Å². The van der Waals surface area contributed by atoms with Crippen LogP contribution in [0, 0.1) is 0 Å². The number of amides is 1. The van der Waals surface area contributed by atoms with Gasteiger partial charge in [-0.2, -0.15) is 11.8 Å². The number of likely N-dealkylation sites (N-methyl/N-ethyl adjacent to an activating group) is 1. The molecule has 1 aromatic carbocycles. The highest BCUT2D eigenvalue weighted by atomic mass is 35.5. The number of carbonyl (C=O) groups excluding carboxylic acids is 2. The molecule has 7 N–H and O–H groups in total. The Kier molecular flexibility index (Phi) is 26.7. The molecular weight excluding hydrogens is 524 g/mol. The van der Waals surface area contributed by atoms with E-state index in [0.717, 1.165) is 31.0 Å². The van der Waals surface area contributed by atoms with Gasteiger partial charge >= 0.3 is 17.9 Å². The Balaban J connectivity index is -0.000000488. The van der Waals surface area contributed by atoms with Crippen LogP contribution < -0.4 is 16.8 Å². The number of nitrogens with two attached hydrogens (primary N) is 2. The van der Waals surface area contributed by atoms with Gasteiger partial charge in [-0.05, 0) is 43.5 Å². The lowest BCUT2D eigenvalue weighted by molar-refractivity contribution is -0.145. The Morgan fingerprint density at radius 2 is 1.62 bits per heavy atom. The molecule has 0 aliphatic heterocycles. The largest absolute Gasteiger partial charge is 0.480 e. The summed E-state index contributed by atoms with van der Waals surface area (Å²) in [4.78, 5) is 43.7. The lowest BCUT2D eigenvalue weighted by Crippen LogP contribution is -2.35. The molecule has 0 fully saturated rings. The molecule has 37 heavy (non-hydrogen) atoms. The van der Waals surface area contributed by atoms with E-state index >= 15 is 0 Å². The first-order valence-electron chi connectivity index (χ1n) is 11.6. The van der Waals surface area contributed by atoms with E-state index in [1.165, 1.54) is 6.92 Å². The van der Waals surface area contributed by atoms with E-state index in [2.05, 4.69) is 24.1 Å². The number of hydrogen-bond donors (Lipinski definition) is 5. The Labute approximate surface area is 230 Å². The quantitative estimate of drug-likeness (QED) is 0.204. The third-order valence-corrected chi connectivity index (χ3v) is 5.23. The number of carbonyl (C=O) groups is 4. The summed E-state index contributed by atoms with van der Waals surface area (Å²) < 4.78 is 5.12. The molecule has 0 saturated carbocycles. The van der Waals surface area contributed by atoms with E-state index in [1.807, 2.05) is 36.6 Å². The Bertz CT molecular complexity index is 742. The van der Waals surface area contributed by atoms with Gasteiger partial charge in [0, 0.05) is 13.5 Å². The second-order valence-electron chi connectivity index (χ2n) is 7.52. The zero-order valence-electron chi connectivity index (χ0n) is 22.1. The predicted octanol–water partition coefficient (Wildman–Crippen LogP) is 1.22. The number of aliphatic carboxylic acids is 2. The van der Waals surface area contributed by atoms with Gasteiger partial charge in [0.25, 0.3) is 0 Å². The van der Waals surface area contributed by atoms with E-state index in [-0.39, 0.29) is 30.8 Å². The highest BCUT2D eigenvalue weighted by molar-refractivity contribution is 7.98. The summed E-state index contributed by atoms with van der Waals surface area (Å²) in [6.07, 6.45) is 3.07. The van der Waals surface area contributed by atoms with Crippen molar-refractivity contribution in [3.63, 3.8) is 0 Å². The van der Waals surface area contributed by atoms with E-state index in [9.17, 15) is 19.2 Å². The number of carboxylic acids is 2. The van der Waals surface area contributed by atoms with Gasteiger partial charge in [0.2, 0.25) is 5.91 Å². The molecule has 13 heteroatoms. The summed E-state index contributed by atoms with van der Waals surface area (Å²) in [6.45, 7) is 8.34. The van der Waals surface area contributed by atoms with Crippen molar-refractivity contribution in [2.75, 3.05) is 44.8 Å². The van der Waals surface area contributed by atoms with Gasteiger partial charge in [-0.3, -0.25) is 19.2 Å². The van der Waals surface area contributed by atoms with Crippen molar-refractivity contribution in [2.24, 2.45) is 11.5 Å². The number of halogens is 1. The summed E-state index contributed by atoms with van der Waals surface area (Å²) >= 11 is 1.69. The maximum Gasteiger partial charge on any atom is 0.322 e. The summed E-state index contributed by atoms with van der Waals surface area (Å²) in [5, 5.41) is 18.6. The van der Waals surface area contributed by atoms with Gasteiger partial charge in [-0.15, -0.1) is 12.4 Å². The highest BCUT2D eigenvalue weighted by Crippen LogP contribution is 2.02. The summed E-state index contributed by atoms with van der Waals surface area (Å²) in [6, 6.07) is 8.08. The van der Waals surface area contributed by atoms with Crippen LogP contribution in [0.5, 0.6) is 0 Å². The second kappa shape index (κ2) is 25.3. The normalized spacial score (nSPS) is 11.3. The molecule has 1 amide bonds. The predicted molar refractivity (Wildman–Crippen MR) is 149 cm³/mol. The maximum absolute atomic E-state index is 11.4. The van der Waals surface area contributed by atoms with Crippen molar-refractivity contribution in [1.29, 1.82) is 0 Å². The Morgan fingerprint density at radius 3 is 2.03 bits per heavy atom. The second-order valence-corrected chi connectivity index (χ2v) is 8.51. The third kappa shape index (κ3) is 25.1. The monoisotopic (exact) mass is 566 g/mol. The zero-order chi connectivity index (χ0) is 27.9. The number of carboxylic acid groups (broad SMARTS) is 2. The number of hydrogen-bond acceptors (Lipinski definition) is 9. The number of ether oxygens (including phenoxy) is 1. The number of nitrogens with one attached hydrogen (secondary N) is 1. The SMILES string of the molecule is CC(=O)NCC(=O)O.CCN(CC)CCOC(=O)C(N)CCSC.Cl.NC(Cc1ccccc1)C(=O)O. The van der Waals surface area contributed by atoms with Crippen LogP contribution >= 0.6 is 24.2 Å². The lowest BCUT2D eigenvalue weighted by Gasteiger charge is -2.18. The molecule has 0 spiro atoms. The van der Waals surface area contributed by atoms with Crippen LogP contribution in [-0.4, -0.2) is 95.8 Å².